The van der Waals surface area contributed by atoms with Gasteiger partial charge in [0, 0.05) is 18.5 Å². The molecule has 1 aromatic rings. The van der Waals surface area contributed by atoms with Crippen LogP contribution in [0.1, 0.15) is 27.2 Å². The molecule has 2 N–H and O–H groups in total. The number of carbonyl (C=O) groups excluding carboxylic acids is 2. The molecule has 1 aliphatic heterocycles. The Morgan fingerprint density at radius 3 is 2.39 bits per heavy atom. The molecule has 1 aliphatic rings. The SMILES string of the molecule is CC(C)(C)NS(=O)(=O)c1ccccc1NC(=O)C1CC(=O)N(CC(F)(F)F)C1. The van der Waals surface area contributed by atoms with Gasteiger partial charge in [-0.15, -0.1) is 0 Å². The third-order valence-electron chi connectivity index (χ3n) is 3.83. The quantitative estimate of drug-likeness (QED) is 0.761. The highest BCUT2D eigenvalue weighted by Gasteiger charge is 2.40. The number of hydrogen-bond donors (Lipinski definition) is 2. The summed E-state index contributed by atoms with van der Waals surface area (Å²) >= 11 is 0. The monoisotopic (exact) mass is 421 g/mol. The zero-order chi connectivity index (χ0) is 21.3. The van der Waals surface area contributed by atoms with Crippen LogP contribution in [0.15, 0.2) is 29.2 Å². The van der Waals surface area contributed by atoms with Crippen molar-refractivity contribution >= 4 is 27.5 Å². The fourth-order valence-electron chi connectivity index (χ4n) is 2.81. The number of halogens is 3. The Balaban J connectivity index is 2.17. The molecule has 1 saturated heterocycles. The Labute approximate surface area is 161 Å². The molecule has 1 fully saturated rings. The number of anilines is 1. The van der Waals surface area contributed by atoms with Gasteiger partial charge in [-0.25, -0.2) is 13.1 Å². The van der Waals surface area contributed by atoms with Crippen molar-refractivity contribution in [3.05, 3.63) is 24.3 Å². The van der Waals surface area contributed by atoms with E-state index in [4.69, 9.17) is 0 Å². The van der Waals surface area contributed by atoms with Crippen LogP contribution in [-0.2, 0) is 19.6 Å². The molecular formula is C17H22F3N3O4S. The third-order valence-corrected chi connectivity index (χ3v) is 5.65. The summed E-state index contributed by atoms with van der Waals surface area (Å²) in [6.45, 7) is 3.18. The zero-order valence-corrected chi connectivity index (χ0v) is 16.4. The molecule has 1 aromatic carbocycles. The lowest BCUT2D eigenvalue weighted by Gasteiger charge is -2.22. The minimum Gasteiger partial charge on any atom is -0.333 e. The Hall–Kier alpha value is -2.14. The number of sulfonamides is 1. The van der Waals surface area contributed by atoms with Gasteiger partial charge in [-0.3, -0.25) is 9.59 Å². The first-order valence-electron chi connectivity index (χ1n) is 8.46. The van der Waals surface area contributed by atoms with Crippen molar-refractivity contribution in [2.45, 2.75) is 43.8 Å². The average Bonchev–Trinajstić information content (AvgIpc) is 2.84. The van der Waals surface area contributed by atoms with E-state index < -0.39 is 46.0 Å². The molecule has 0 saturated carbocycles. The van der Waals surface area contributed by atoms with E-state index in [1.54, 1.807) is 20.8 Å². The number of hydrogen-bond acceptors (Lipinski definition) is 4. The summed E-state index contributed by atoms with van der Waals surface area (Å²) < 4.78 is 65.2. The van der Waals surface area contributed by atoms with Crippen molar-refractivity contribution in [3.63, 3.8) is 0 Å². The van der Waals surface area contributed by atoms with E-state index in [9.17, 15) is 31.2 Å². The smallest absolute Gasteiger partial charge is 0.333 e. The third kappa shape index (κ3) is 5.93. The molecule has 0 spiro atoms. The van der Waals surface area contributed by atoms with E-state index in [2.05, 4.69) is 10.0 Å². The van der Waals surface area contributed by atoms with E-state index in [-0.39, 0.29) is 23.5 Å². The molecule has 1 unspecified atom stereocenters. The zero-order valence-electron chi connectivity index (χ0n) is 15.6. The van der Waals surface area contributed by atoms with Gasteiger partial charge in [0.1, 0.15) is 11.4 Å². The van der Waals surface area contributed by atoms with Crippen molar-refractivity contribution in [1.82, 2.24) is 9.62 Å². The number of nitrogens with one attached hydrogen (secondary N) is 2. The first-order valence-corrected chi connectivity index (χ1v) is 9.95. The number of para-hydroxylation sites is 1. The molecule has 28 heavy (non-hydrogen) atoms. The summed E-state index contributed by atoms with van der Waals surface area (Å²) in [6, 6.07) is 5.68. The van der Waals surface area contributed by atoms with Gasteiger partial charge in [-0.05, 0) is 32.9 Å². The summed E-state index contributed by atoms with van der Waals surface area (Å²) in [5.74, 6) is -2.48. The lowest BCUT2D eigenvalue weighted by atomic mass is 10.1. The molecule has 1 atom stereocenters. The van der Waals surface area contributed by atoms with Crippen molar-refractivity contribution in [2.75, 3.05) is 18.4 Å². The topological polar surface area (TPSA) is 95.6 Å². The van der Waals surface area contributed by atoms with Crippen LogP contribution < -0.4 is 10.0 Å². The number of alkyl halides is 3. The van der Waals surface area contributed by atoms with Crippen LogP contribution in [0.25, 0.3) is 0 Å². The number of nitrogens with zero attached hydrogens (tertiary/aromatic N) is 1. The first kappa shape index (κ1) is 22.2. The first-order chi connectivity index (χ1) is 12.7. The molecule has 0 radical (unpaired) electrons. The van der Waals surface area contributed by atoms with Gasteiger partial charge in [-0.1, -0.05) is 12.1 Å². The molecule has 0 aromatic heterocycles. The van der Waals surface area contributed by atoms with E-state index in [1.165, 1.54) is 24.3 Å². The Morgan fingerprint density at radius 2 is 1.82 bits per heavy atom. The van der Waals surface area contributed by atoms with Crippen LogP contribution in [0.4, 0.5) is 18.9 Å². The Bertz CT molecular complexity index is 863. The second-order valence-corrected chi connectivity index (χ2v) is 9.28. The lowest BCUT2D eigenvalue weighted by molar-refractivity contribution is -0.157. The molecule has 11 heteroatoms. The molecule has 0 aliphatic carbocycles. The van der Waals surface area contributed by atoms with Gasteiger partial charge < -0.3 is 10.2 Å². The second kappa shape index (κ2) is 7.70. The maximum atomic E-state index is 12.6. The van der Waals surface area contributed by atoms with Gasteiger partial charge in [-0.2, -0.15) is 13.2 Å². The van der Waals surface area contributed by atoms with E-state index in [0.29, 0.717) is 4.90 Å². The molecule has 0 bridgehead atoms. The van der Waals surface area contributed by atoms with E-state index in [1.807, 2.05) is 0 Å². The predicted octanol–water partition coefficient (Wildman–Crippen LogP) is 2.11. The van der Waals surface area contributed by atoms with Crippen LogP contribution in [0.5, 0.6) is 0 Å². The number of carbonyl (C=O) groups is 2. The summed E-state index contributed by atoms with van der Waals surface area (Å²) in [5.41, 5.74) is -0.766. The largest absolute Gasteiger partial charge is 0.406 e. The van der Waals surface area contributed by atoms with Crippen LogP contribution >= 0.6 is 0 Å². The van der Waals surface area contributed by atoms with Crippen LogP contribution in [0.3, 0.4) is 0 Å². The fraction of sp³-hybridized carbons (Fsp3) is 0.529. The number of amides is 2. The van der Waals surface area contributed by atoms with Gasteiger partial charge >= 0.3 is 6.18 Å². The highest BCUT2D eigenvalue weighted by molar-refractivity contribution is 7.89. The van der Waals surface area contributed by atoms with Crippen LogP contribution in [0.2, 0.25) is 0 Å². The molecule has 7 nitrogen and oxygen atoms in total. The van der Waals surface area contributed by atoms with Gasteiger partial charge in [0.2, 0.25) is 21.8 Å². The highest BCUT2D eigenvalue weighted by Crippen LogP contribution is 2.27. The molecule has 2 amide bonds. The fourth-order valence-corrected chi connectivity index (χ4v) is 4.40. The minimum atomic E-state index is -4.56. The highest BCUT2D eigenvalue weighted by atomic mass is 32.2. The second-order valence-electron chi connectivity index (χ2n) is 7.63. The van der Waals surface area contributed by atoms with Gasteiger partial charge in [0.05, 0.1) is 11.6 Å². The normalized spacial score (nSPS) is 18.4. The molecule has 156 valence electrons. The lowest BCUT2D eigenvalue weighted by Crippen LogP contribution is -2.40. The summed E-state index contributed by atoms with van der Waals surface area (Å²) in [5, 5.41) is 2.43. The maximum Gasteiger partial charge on any atom is 0.406 e. The van der Waals surface area contributed by atoms with Crippen LogP contribution in [0, 0.1) is 5.92 Å². The predicted molar refractivity (Wildman–Crippen MR) is 95.9 cm³/mol. The summed E-state index contributed by atoms with van der Waals surface area (Å²) in [4.78, 5) is 24.6. The Morgan fingerprint density at radius 1 is 1.21 bits per heavy atom. The molecule has 1 heterocycles. The van der Waals surface area contributed by atoms with E-state index in [0.717, 1.165) is 0 Å². The number of rotatable bonds is 5. The van der Waals surface area contributed by atoms with Gasteiger partial charge in [0.25, 0.3) is 0 Å². The number of benzene rings is 1. The van der Waals surface area contributed by atoms with Crippen molar-refractivity contribution in [1.29, 1.82) is 0 Å². The standard InChI is InChI=1S/C17H22F3N3O4S/c1-16(2,3)22-28(26,27)13-7-5-4-6-12(13)21-15(25)11-8-14(24)23(9-11)10-17(18,19)20/h4-7,11,22H,8-10H2,1-3H3,(H,21,25). The average molecular weight is 421 g/mol. The molecular weight excluding hydrogens is 399 g/mol. The molecule has 2 rings (SSSR count). The Kier molecular flexibility index (Phi) is 6.10. The summed E-state index contributed by atoms with van der Waals surface area (Å²) in [7, 11) is -3.95. The van der Waals surface area contributed by atoms with Crippen molar-refractivity contribution < 1.29 is 31.2 Å². The van der Waals surface area contributed by atoms with Crippen LogP contribution in [-0.4, -0.2) is 49.9 Å². The van der Waals surface area contributed by atoms with Gasteiger partial charge in [0.15, 0.2) is 0 Å². The summed E-state index contributed by atoms with van der Waals surface area (Å²) in [6.07, 6.45) is -4.92. The van der Waals surface area contributed by atoms with Crippen molar-refractivity contribution in [2.24, 2.45) is 5.92 Å². The maximum absolute atomic E-state index is 12.6. The minimum absolute atomic E-state index is 0.00836. The van der Waals surface area contributed by atoms with Crippen molar-refractivity contribution in [3.8, 4) is 0 Å². The van der Waals surface area contributed by atoms with E-state index >= 15 is 0 Å². The number of likely N-dealkylation sites (tertiary alicyclic amines) is 1.